The number of likely N-dealkylation sites (N-methyl/N-ethyl adjacent to an activating group) is 1. The second-order valence-corrected chi connectivity index (χ2v) is 6.47. The summed E-state index contributed by atoms with van der Waals surface area (Å²) in [6, 6.07) is 0. The third-order valence-corrected chi connectivity index (χ3v) is 5.03. The van der Waals surface area contributed by atoms with Gasteiger partial charge in [0.1, 0.15) is 5.69 Å². The van der Waals surface area contributed by atoms with E-state index in [2.05, 4.69) is 21.8 Å². The Morgan fingerprint density at radius 1 is 1.45 bits per heavy atom. The number of carbonyl (C=O) groups excluding carboxylic acids is 1. The summed E-state index contributed by atoms with van der Waals surface area (Å²) in [6.07, 6.45) is 2.01. The Morgan fingerprint density at radius 2 is 2.20 bits per heavy atom. The third kappa shape index (κ3) is 2.65. The Bertz CT molecular complexity index is 496. The van der Waals surface area contributed by atoms with Crippen LogP contribution in [0.1, 0.15) is 23.3 Å². The van der Waals surface area contributed by atoms with E-state index in [1.807, 2.05) is 0 Å². The Morgan fingerprint density at radius 3 is 2.80 bits per heavy atom. The predicted molar refractivity (Wildman–Crippen MR) is 78.3 cm³/mol. The highest BCUT2D eigenvalue weighted by atomic mass is 32.1. The van der Waals surface area contributed by atoms with Gasteiger partial charge in [-0.2, -0.15) is 0 Å². The van der Waals surface area contributed by atoms with E-state index in [0.717, 1.165) is 50.8 Å². The lowest BCUT2D eigenvalue weighted by atomic mass is 9.90. The second-order valence-electron chi connectivity index (χ2n) is 5.64. The van der Waals surface area contributed by atoms with Crippen LogP contribution in [0.4, 0.5) is 5.13 Å². The summed E-state index contributed by atoms with van der Waals surface area (Å²) in [5, 5.41) is 2.62. The number of nitrogens with zero attached hydrogens (tertiary/aromatic N) is 3. The van der Waals surface area contributed by atoms with Crippen molar-refractivity contribution in [1.29, 1.82) is 0 Å². The first-order chi connectivity index (χ1) is 9.58. The van der Waals surface area contributed by atoms with Gasteiger partial charge in [-0.1, -0.05) is 0 Å². The Balaban J connectivity index is 1.64. The minimum absolute atomic E-state index is 0.00722. The highest BCUT2D eigenvalue weighted by molar-refractivity contribution is 7.13. The van der Waals surface area contributed by atoms with Gasteiger partial charge in [0.05, 0.1) is 12.2 Å². The largest absolute Gasteiger partial charge is 0.372 e. The van der Waals surface area contributed by atoms with Crippen molar-refractivity contribution in [3.05, 3.63) is 11.1 Å². The summed E-state index contributed by atoms with van der Waals surface area (Å²) < 4.78 is 6.04. The lowest BCUT2D eigenvalue weighted by Crippen LogP contribution is -2.56. The van der Waals surface area contributed by atoms with Crippen LogP contribution >= 0.6 is 11.3 Å². The van der Waals surface area contributed by atoms with E-state index in [9.17, 15) is 4.79 Å². The quantitative estimate of drug-likeness (QED) is 0.862. The molecule has 0 atom stereocenters. The molecule has 1 amide bonds. The molecular formula is C13H20N4O2S. The molecule has 2 aliphatic rings. The van der Waals surface area contributed by atoms with Crippen LogP contribution in [-0.4, -0.2) is 61.2 Å². The lowest BCUT2D eigenvalue weighted by Gasteiger charge is -2.46. The van der Waals surface area contributed by atoms with Crippen LogP contribution in [0.2, 0.25) is 0 Å². The average Bonchev–Trinajstić information content (AvgIpc) is 2.89. The molecule has 0 unspecified atom stereocenters. The van der Waals surface area contributed by atoms with Crippen molar-refractivity contribution in [2.45, 2.75) is 18.4 Å². The average molecular weight is 296 g/mol. The van der Waals surface area contributed by atoms with Gasteiger partial charge in [-0.25, -0.2) is 4.98 Å². The van der Waals surface area contributed by atoms with Gasteiger partial charge in [0.2, 0.25) is 0 Å². The minimum Gasteiger partial charge on any atom is -0.372 e. The smallest absolute Gasteiger partial charge is 0.268 e. The van der Waals surface area contributed by atoms with Crippen LogP contribution in [0.25, 0.3) is 0 Å². The van der Waals surface area contributed by atoms with Gasteiger partial charge in [-0.3, -0.25) is 4.79 Å². The number of piperidine rings is 1. The zero-order valence-corrected chi connectivity index (χ0v) is 12.5. The van der Waals surface area contributed by atoms with Crippen LogP contribution in [0, 0.1) is 0 Å². The topological polar surface area (TPSA) is 71.7 Å². The van der Waals surface area contributed by atoms with Gasteiger partial charge in [0.25, 0.3) is 5.91 Å². The van der Waals surface area contributed by atoms with Gasteiger partial charge in [-0.15, -0.1) is 11.3 Å². The molecule has 20 heavy (non-hydrogen) atoms. The van der Waals surface area contributed by atoms with Gasteiger partial charge in [0.15, 0.2) is 5.13 Å². The first-order valence-corrected chi connectivity index (χ1v) is 7.79. The molecule has 0 saturated carbocycles. The number of primary amides is 1. The molecular weight excluding hydrogens is 276 g/mol. The SMILES string of the molecule is CN1CCOC2(CCN(c3nc(C(N)=O)cs3)CC2)C1. The number of hydrogen-bond donors (Lipinski definition) is 1. The van der Waals surface area contributed by atoms with Crippen LogP contribution in [0.15, 0.2) is 5.38 Å². The molecule has 0 bridgehead atoms. The van der Waals surface area contributed by atoms with Crippen LogP contribution in [0.5, 0.6) is 0 Å². The zero-order chi connectivity index (χ0) is 14.2. The summed E-state index contributed by atoms with van der Waals surface area (Å²) in [5.41, 5.74) is 5.61. The van der Waals surface area contributed by atoms with Crippen molar-refractivity contribution in [2.75, 3.05) is 44.7 Å². The number of ether oxygens (including phenoxy) is 1. The third-order valence-electron chi connectivity index (χ3n) is 4.13. The fourth-order valence-corrected chi connectivity index (χ4v) is 3.83. The van der Waals surface area contributed by atoms with E-state index < -0.39 is 5.91 Å². The molecule has 110 valence electrons. The summed E-state index contributed by atoms with van der Waals surface area (Å²) in [6.45, 7) is 4.67. The van der Waals surface area contributed by atoms with Crippen LogP contribution < -0.4 is 10.6 Å². The number of morpholine rings is 1. The van der Waals surface area contributed by atoms with E-state index in [-0.39, 0.29) is 5.60 Å². The maximum absolute atomic E-state index is 11.1. The second kappa shape index (κ2) is 5.31. The molecule has 1 spiro atoms. The van der Waals surface area contributed by atoms with Crippen molar-refractivity contribution >= 4 is 22.4 Å². The van der Waals surface area contributed by atoms with Crippen molar-refractivity contribution in [1.82, 2.24) is 9.88 Å². The molecule has 3 heterocycles. The zero-order valence-electron chi connectivity index (χ0n) is 11.7. The van der Waals surface area contributed by atoms with E-state index in [1.54, 1.807) is 5.38 Å². The summed E-state index contributed by atoms with van der Waals surface area (Å²) in [7, 11) is 2.15. The molecule has 7 heteroatoms. The molecule has 2 fully saturated rings. The molecule has 2 aliphatic heterocycles. The Hall–Kier alpha value is -1.18. The molecule has 0 radical (unpaired) electrons. The summed E-state index contributed by atoms with van der Waals surface area (Å²) >= 11 is 1.48. The first-order valence-electron chi connectivity index (χ1n) is 6.91. The van der Waals surface area contributed by atoms with Gasteiger partial charge >= 0.3 is 0 Å². The number of nitrogens with two attached hydrogens (primary N) is 1. The molecule has 1 aromatic rings. The number of rotatable bonds is 2. The maximum atomic E-state index is 11.1. The normalized spacial score (nSPS) is 23.1. The predicted octanol–water partition coefficient (Wildman–Crippen LogP) is 0.543. The Labute approximate surface area is 122 Å². The fraction of sp³-hybridized carbons (Fsp3) is 0.692. The molecule has 2 saturated heterocycles. The van der Waals surface area contributed by atoms with E-state index >= 15 is 0 Å². The monoisotopic (exact) mass is 296 g/mol. The molecule has 3 rings (SSSR count). The highest BCUT2D eigenvalue weighted by Crippen LogP contribution is 2.32. The molecule has 2 N–H and O–H groups in total. The number of amides is 1. The van der Waals surface area contributed by atoms with Crippen LogP contribution in [0.3, 0.4) is 0 Å². The van der Waals surface area contributed by atoms with E-state index in [1.165, 1.54) is 11.3 Å². The minimum atomic E-state index is -0.460. The van der Waals surface area contributed by atoms with Gasteiger partial charge < -0.3 is 20.3 Å². The Kier molecular flexibility index (Phi) is 3.66. The highest BCUT2D eigenvalue weighted by Gasteiger charge is 2.39. The summed E-state index contributed by atoms with van der Waals surface area (Å²) in [5.74, 6) is -0.460. The number of carbonyl (C=O) groups is 1. The lowest BCUT2D eigenvalue weighted by molar-refractivity contribution is -0.115. The number of hydrogen-bond acceptors (Lipinski definition) is 6. The number of thiazole rings is 1. The molecule has 0 aromatic carbocycles. The van der Waals surface area contributed by atoms with Crippen LogP contribution in [-0.2, 0) is 4.74 Å². The van der Waals surface area contributed by atoms with Gasteiger partial charge in [0, 0.05) is 31.6 Å². The summed E-state index contributed by atoms with van der Waals surface area (Å²) in [4.78, 5) is 20.0. The van der Waals surface area contributed by atoms with Crippen molar-refractivity contribution in [2.24, 2.45) is 5.73 Å². The molecule has 0 aliphatic carbocycles. The molecule has 6 nitrogen and oxygen atoms in total. The van der Waals surface area contributed by atoms with Crippen molar-refractivity contribution < 1.29 is 9.53 Å². The van der Waals surface area contributed by atoms with Crippen molar-refractivity contribution in [3.8, 4) is 0 Å². The van der Waals surface area contributed by atoms with Crippen molar-refractivity contribution in [3.63, 3.8) is 0 Å². The number of anilines is 1. The first kappa shape index (κ1) is 13.8. The maximum Gasteiger partial charge on any atom is 0.268 e. The molecule has 1 aromatic heterocycles. The number of aromatic nitrogens is 1. The van der Waals surface area contributed by atoms with E-state index in [0.29, 0.717) is 5.69 Å². The van der Waals surface area contributed by atoms with Gasteiger partial charge in [-0.05, 0) is 19.9 Å². The standard InChI is InChI=1S/C13H20N4O2S/c1-16-6-7-19-13(9-16)2-4-17(5-3-13)12-15-10(8-20-12)11(14)18/h8H,2-7,9H2,1H3,(H2,14,18). The fourth-order valence-electron chi connectivity index (χ4n) is 2.97. The van der Waals surface area contributed by atoms with E-state index in [4.69, 9.17) is 10.5 Å².